The van der Waals surface area contributed by atoms with Crippen molar-refractivity contribution in [2.45, 2.75) is 13.0 Å². The molecule has 1 aliphatic heterocycles. The molecule has 0 spiro atoms. The van der Waals surface area contributed by atoms with E-state index in [0.29, 0.717) is 41.9 Å². The third kappa shape index (κ3) is 3.94. The average Bonchev–Trinajstić information content (AvgIpc) is 2.81. The van der Waals surface area contributed by atoms with Crippen LogP contribution in [0.15, 0.2) is 53.5 Å². The standard InChI is InChI=1S/C25H23FN4O4/c1-14-3-5-15(6-4-14)20-12-30(8-7-27-20)21-11-19-16(10-18(21)26)9-17-23(31)22(34-25(32)33)13-29(2)24(17)28-19/h3-6,9-11,13,20,27H,7-8,12H2,1-2H3,(H,32,33). The van der Waals surface area contributed by atoms with Crippen LogP contribution in [0.5, 0.6) is 5.75 Å². The molecule has 0 bridgehead atoms. The maximum absolute atomic E-state index is 15.2. The Morgan fingerprint density at radius 3 is 2.74 bits per heavy atom. The number of anilines is 1. The van der Waals surface area contributed by atoms with Gasteiger partial charge in [0.15, 0.2) is 5.75 Å². The quantitative estimate of drug-likeness (QED) is 0.354. The van der Waals surface area contributed by atoms with E-state index >= 15 is 4.39 Å². The van der Waals surface area contributed by atoms with E-state index in [-0.39, 0.29) is 17.2 Å². The molecule has 0 aliphatic carbocycles. The average molecular weight is 462 g/mol. The highest BCUT2D eigenvalue weighted by atomic mass is 19.1. The number of ether oxygens (including phenoxy) is 1. The molecular weight excluding hydrogens is 439 g/mol. The Balaban J connectivity index is 1.55. The maximum Gasteiger partial charge on any atom is 0.511 e. The van der Waals surface area contributed by atoms with Gasteiger partial charge in [0.2, 0.25) is 5.43 Å². The predicted molar refractivity (Wildman–Crippen MR) is 127 cm³/mol. The Morgan fingerprint density at radius 1 is 1.24 bits per heavy atom. The third-order valence-electron chi connectivity index (χ3n) is 6.17. The molecule has 34 heavy (non-hydrogen) atoms. The van der Waals surface area contributed by atoms with Gasteiger partial charge in [0.25, 0.3) is 0 Å². The highest BCUT2D eigenvalue weighted by Gasteiger charge is 2.24. The smallest absolute Gasteiger partial charge is 0.449 e. The van der Waals surface area contributed by atoms with Crippen molar-refractivity contribution in [1.82, 2.24) is 14.9 Å². The summed E-state index contributed by atoms with van der Waals surface area (Å²) >= 11 is 0. The summed E-state index contributed by atoms with van der Waals surface area (Å²) in [6, 6.07) is 13.0. The van der Waals surface area contributed by atoms with Gasteiger partial charge >= 0.3 is 6.16 Å². The molecule has 4 aromatic rings. The van der Waals surface area contributed by atoms with E-state index in [1.165, 1.54) is 28.5 Å². The second-order valence-corrected chi connectivity index (χ2v) is 8.52. The molecule has 2 N–H and O–H groups in total. The lowest BCUT2D eigenvalue weighted by Crippen LogP contribution is -2.46. The minimum Gasteiger partial charge on any atom is -0.449 e. The van der Waals surface area contributed by atoms with Gasteiger partial charge in [-0.1, -0.05) is 29.8 Å². The fourth-order valence-electron chi connectivity index (χ4n) is 4.44. The second kappa shape index (κ2) is 8.42. The third-order valence-corrected chi connectivity index (χ3v) is 6.17. The number of rotatable bonds is 3. The molecule has 0 radical (unpaired) electrons. The molecule has 2 aromatic carbocycles. The van der Waals surface area contributed by atoms with Crippen LogP contribution in [-0.4, -0.2) is 40.4 Å². The van der Waals surface area contributed by atoms with Crippen molar-refractivity contribution in [3.63, 3.8) is 0 Å². The first kappa shape index (κ1) is 21.8. The normalized spacial score (nSPS) is 16.2. The number of nitrogens with one attached hydrogen (secondary N) is 1. The summed E-state index contributed by atoms with van der Waals surface area (Å²) < 4.78 is 21.4. The number of carbonyl (C=O) groups is 1. The zero-order valence-electron chi connectivity index (χ0n) is 18.7. The number of piperazine rings is 1. The number of halogens is 1. The molecule has 1 unspecified atom stereocenters. The molecule has 1 saturated heterocycles. The Labute approximate surface area is 194 Å². The lowest BCUT2D eigenvalue weighted by atomic mass is 10.0. The summed E-state index contributed by atoms with van der Waals surface area (Å²) in [5, 5.41) is 13.0. The molecule has 0 amide bonds. The molecule has 3 heterocycles. The molecule has 0 saturated carbocycles. The number of benzene rings is 2. The zero-order valence-corrected chi connectivity index (χ0v) is 18.7. The van der Waals surface area contributed by atoms with Crippen molar-refractivity contribution in [3.05, 3.63) is 75.8 Å². The van der Waals surface area contributed by atoms with Crippen LogP contribution >= 0.6 is 0 Å². The molecule has 174 valence electrons. The number of aromatic nitrogens is 2. The molecule has 5 rings (SSSR count). The van der Waals surface area contributed by atoms with E-state index in [2.05, 4.69) is 39.3 Å². The topological polar surface area (TPSA) is 96.7 Å². The minimum absolute atomic E-state index is 0.0717. The van der Waals surface area contributed by atoms with Gasteiger partial charge in [-0.05, 0) is 30.7 Å². The van der Waals surface area contributed by atoms with Crippen molar-refractivity contribution >= 4 is 33.8 Å². The van der Waals surface area contributed by atoms with Crippen molar-refractivity contribution in [2.24, 2.45) is 7.05 Å². The monoisotopic (exact) mass is 462 g/mol. The van der Waals surface area contributed by atoms with Crippen LogP contribution in [0.25, 0.3) is 21.9 Å². The van der Waals surface area contributed by atoms with E-state index in [9.17, 15) is 9.59 Å². The van der Waals surface area contributed by atoms with Crippen molar-refractivity contribution < 1.29 is 19.0 Å². The van der Waals surface area contributed by atoms with Gasteiger partial charge < -0.3 is 24.6 Å². The highest BCUT2D eigenvalue weighted by Crippen LogP contribution is 2.30. The minimum atomic E-state index is -1.58. The fourth-order valence-corrected chi connectivity index (χ4v) is 4.44. The number of carboxylic acid groups (broad SMARTS) is 1. The van der Waals surface area contributed by atoms with E-state index in [1.54, 1.807) is 13.1 Å². The van der Waals surface area contributed by atoms with Crippen molar-refractivity contribution in [1.29, 1.82) is 0 Å². The van der Waals surface area contributed by atoms with Crippen LogP contribution < -0.4 is 20.4 Å². The lowest BCUT2D eigenvalue weighted by Gasteiger charge is -2.35. The van der Waals surface area contributed by atoms with Crippen LogP contribution in [0.4, 0.5) is 14.9 Å². The summed E-state index contributed by atoms with van der Waals surface area (Å²) in [7, 11) is 1.64. The van der Waals surface area contributed by atoms with E-state index in [4.69, 9.17) is 5.11 Å². The van der Waals surface area contributed by atoms with Gasteiger partial charge in [0.05, 0.1) is 22.8 Å². The van der Waals surface area contributed by atoms with Crippen molar-refractivity contribution in [3.8, 4) is 5.75 Å². The Morgan fingerprint density at radius 2 is 2.00 bits per heavy atom. The zero-order chi connectivity index (χ0) is 24.0. The number of hydrogen-bond donors (Lipinski definition) is 2. The van der Waals surface area contributed by atoms with Crippen LogP contribution in [-0.2, 0) is 7.05 Å². The van der Waals surface area contributed by atoms with Crippen LogP contribution in [0, 0.1) is 12.7 Å². The molecule has 2 aromatic heterocycles. The van der Waals surface area contributed by atoms with Gasteiger partial charge in [0, 0.05) is 38.1 Å². The van der Waals surface area contributed by atoms with Gasteiger partial charge in [0.1, 0.15) is 11.5 Å². The highest BCUT2D eigenvalue weighted by molar-refractivity contribution is 5.93. The first-order valence-electron chi connectivity index (χ1n) is 10.9. The number of hydrogen-bond acceptors (Lipinski definition) is 6. The molecule has 1 fully saturated rings. The molecule has 1 aliphatic rings. The summed E-state index contributed by atoms with van der Waals surface area (Å²) in [4.78, 5) is 30.2. The first-order chi connectivity index (χ1) is 16.3. The number of fused-ring (bicyclic) bond motifs is 2. The largest absolute Gasteiger partial charge is 0.511 e. The van der Waals surface area contributed by atoms with Gasteiger partial charge in [-0.2, -0.15) is 0 Å². The summed E-state index contributed by atoms with van der Waals surface area (Å²) in [6.45, 7) is 4.00. The number of nitrogens with zero attached hydrogens (tertiary/aromatic N) is 3. The number of pyridine rings is 2. The Kier molecular flexibility index (Phi) is 5.41. The van der Waals surface area contributed by atoms with E-state index < -0.39 is 17.4 Å². The second-order valence-electron chi connectivity index (χ2n) is 8.52. The Bertz CT molecular complexity index is 1480. The molecular formula is C25H23FN4O4. The van der Waals surface area contributed by atoms with E-state index in [1.807, 2.05) is 11.8 Å². The summed E-state index contributed by atoms with van der Waals surface area (Å²) in [5.41, 5.74) is 3.06. The summed E-state index contributed by atoms with van der Waals surface area (Å²) in [6.07, 6.45) is -0.300. The SMILES string of the molecule is Cc1ccc(C2CN(c3cc4nc5c(cc4cc3F)c(=O)c(OC(=O)O)cn5C)CCN2)cc1. The fraction of sp³-hybridized carbons (Fsp3) is 0.240. The van der Waals surface area contributed by atoms with E-state index in [0.717, 1.165) is 5.56 Å². The maximum atomic E-state index is 15.2. The van der Waals surface area contributed by atoms with Crippen LogP contribution in [0.3, 0.4) is 0 Å². The molecule has 9 heteroatoms. The van der Waals surface area contributed by atoms with Crippen LogP contribution in [0.1, 0.15) is 17.2 Å². The first-order valence-corrected chi connectivity index (χ1v) is 10.9. The Hall–Kier alpha value is -3.98. The molecule has 8 nitrogen and oxygen atoms in total. The summed E-state index contributed by atoms with van der Waals surface area (Å²) in [5.74, 6) is -0.739. The van der Waals surface area contributed by atoms with Gasteiger partial charge in [-0.15, -0.1) is 0 Å². The van der Waals surface area contributed by atoms with Crippen molar-refractivity contribution in [2.75, 3.05) is 24.5 Å². The van der Waals surface area contributed by atoms with Crippen LogP contribution in [0.2, 0.25) is 0 Å². The van der Waals surface area contributed by atoms with Gasteiger partial charge in [-0.25, -0.2) is 14.2 Å². The predicted octanol–water partition coefficient (Wildman–Crippen LogP) is 3.74. The number of aryl methyl sites for hydroxylation is 2. The van der Waals surface area contributed by atoms with Gasteiger partial charge in [-0.3, -0.25) is 4.79 Å². The molecule has 1 atom stereocenters. The lowest BCUT2D eigenvalue weighted by molar-refractivity contribution is 0.144.